The highest BCUT2D eigenvalue weighted by atomic mass is 19.5. The van der Waals surface area contributed by atoms with E-state index in [9.17, 15) is 17.3 Å². The lowest BCUT2D eigenvalue weighted by atomic mass is 10.3. The van der Waals surface area contributed by atoms with Gasteiger partial charge < -0.3 is 23.0 Å². The average molecular weight is 132 g/mol. The van der Waals surface area contributed by atoms with Gasteiger partial charge in [-0.3, -0.25) is 0 Å². The first-order valence-electron chi connectivity index (χ1n) is 1.99. The highest BCUT2D eigenvalue weighted by Gasteiger charge is 2.20. The number of rotatable bonds is 0. The molecule has 52 valence electrons. The van der Waals surface area contributed by atoms with E-state index in [0.29, 0.717) is 0 Å². The first kappa shape index (κ1) is 10.7. The Bertz CT molecular complexity index is 37.8. The van der Waals surface area contributed by atoms with Gasteiger partial charge in [-0.15, -0.1) is 0 Å². The zero-order valence-electron chi connectivity index (χ0n) is 4.37. The highest BCUT2D eigenvalue weighted by molar-refractivity contribution is 6.50. The molecule has 6 heteroatoms. The lowest BCUT2D eigenvalue weighted by molar-refractivity contribution is 0.368. The molecule has 0 aliphatic carbocycles. The van der Waals surface area contributed by atoms with Crippen molar-refractivity contribution in [1.29, 1.82) is 0 Å². The topological polar surface area (TPSA) is 26.0 Å². The molecule has 0 saturated carbocycles. The van der Waals surface area contributed by atoms with Crippen molar-refractivity contribution >= 4 is 7.25 Å². The van der Waals surface area contributed by atoms with E-state index in [0.717, 1.165) is 6.54 Å². The van der Waals surface area contributed by atoms with Gasteiger partial charge in [0.15, 0.2) is 0 Å². The molecule has 0 amide bonds. The molecule has 2 N–H and O–H groups in total. The van der Waals surface area contributed by atoms with E-state index in [2.05, 4.69) is 0 Å². The van der Waals surface area contributed by atoms with Crippen molar-refractivity contribution < 1.29 is 17.3 Å². The van der Waals surface area contributed by atoms with Gasteiger partial charge in [0.25, 0.3) is 0 Å². The maximum absolute atomic E-state index is 9.75. The summed E-state index contributed by atoms with van der Waals surface area (Å²) in [5, 5.41) is 0. The van der Waals surface area contributed by atoms with Crippen LogP contribution in [0, 0.1) is 0 Å². The minimum atomic E-state index is -6.00. The van der Waals surface area contributed by atoms with Crippen LogP contribution in [0.15, 0.2) is 0 Å². The SMILES string of the molecule is CCN.F[B-](F)(F)F. The molecule has 0 aromatic rings. The third-order valence-electron chi connectivity index (χ3n) is 0. The standard InChI is InChI=1S/C2H7N.BF4/c1-2-3;2-1(3,4)5/h2-3H2,1H3;/q;-1. The van der Waals surface area contributed by atoms with Crippen LogP contribution in [0.1, 0.15) is 6.92 Å². The van der Waals surface area contributed by atoms with Crippen LogP contribution in [0.25, 0.3) is 0 Å². The van der Waals surface area contributed by atoms with Gasteiger partial charge in [-0.05, 0) is 6.54 Å². The fourth-order valence-electron chi connectivity index (χ4n) is 0. The van der Waals surface area contributed by atoms with Gasteiger partial charge in [0, 0.05) is 0 Å². The van der Waals surface area contributed by atoms with Crippen molar-refractivity contribution in [2.24, 2.45) is 5.73 Å². The van der Waals surface area contributed by atoms with Crippen molar-refractivity contribution in [3.63, 3.8) is 0 Å². The van der Waals surface area contributed by atoms with Crippen LogP contribution in [0.5, 0.6) is 0 Å². The van der Waals surface area contributed by atoms with Crippen LogP contribution < -0.4 is 5.73 Å². The van der Waals surface area contributed by atoms with Crippen molar-refractivity contribution in [3.8, 4) is 0 Å². The lowest BCUT2D eigenvalue weighted by Crippen LogP contribution is -2.02. The molecular formula is C2H7BF4N-. The Morgan fingerprint density at radius 1 is 1.25 bits per heavy atom. The van der Waals surface area contributed by atoms with Gasteiger partial charge in [-0.1, -0.05) is 6.92 Å². The second kappa shape index (κ2) is 4.89. The molecule has 0 aliphatic rings. The zero-order valence-corrected chi connectivity index (χ0v) is 4.37. The van der Waals surface area contributed by atoms with Gasteiger partial charge >= 0.3 is 7.25 Å². The third-order valence-corrected chi connectivity index (χ3v) is 0. The van der Waals surface area contributed by atoms with Crippen molar-refractivity contribution in [2.45, 2.75) is 6.92 Å². The summed E-state index contributed by atoms with van der Waals surface area (Å²) in [4.78, 5) is 0. The molecule has 0 rings (SSSR count). The average Bonchev–Trinajstić information content (AvgIpc) is 1.27. The normalized spacial score (nSPS) is 9.75. The Labute approximate surface area is 45.0 Å². The summed E-state index contributed by atoms with van der Waals surface area (Å²) in [6.45, 7) is 2.65. The molecule has 0 saturated heterocycles. The third kappa shape index (κ3) is 1990. The summed E-state index contributed by atoms with van der Waals surface area (Å²) in [6.07, 6.45) is 0. The summed E-state index contributed by atoms with van der Waals surface area (Å²) >= 11 is 0. The zero-order chi connectivity index (χ0) is 7.21. The summed E-state index contributed by atoms with van der Waals surface area (Å²) in [5.74, 6) is 0. The van der Waals surface area contributed by atoms with Crippen LogP contribution >= 0.6 is 0 Å². The molecule has 0 fully saturated rings. The predicted molar refractivity (Wildman–Crippen MR) is 24.9 cm³/mol. The molecule has 0 radical (unpaired) electrons. The van der Waals surface area contributed by atoms with Crippen LogP contribution in [-0.2, 0) is 0 Å². The second-order valence-corrected chi connectivity index (χ2v) is 0.903. The molecule has 0 bridgehead atoms. The van der Waals surface area contributed by atoms with E-state index >= 15 is 0 Å². The monoisotopic (exact) mass is 132 g/mol. The molecular weight excluding hydrogens is 125 g/mol. The quantitative estimate of drug-likeness (QED) is 0.389. The highest BCUT2D eigenvalue weighted by Crippen LogP contribution is 2.06. The molecule has 0 aromatic carbocycles. The molecule has 1 nitrogen and oxygen atoms in total. The van der Waals surface area contributed by atoms with Gasteiger partial charge in [-0.2, -0.15) is 0 Å². The first-order chi connectivity index (χ1) is 3.41. The molecule has 0 spiro atoms. The van der Waals surface area contributed by atoms with Gasteiger partial charge in [-0.25, -0.2) is 0 Å². The van der Waals surface area contributed by atoms with Crippen LogP contribution in [0.4, 0.5) is 17.3 Å². The van der Waals surface area contributed by atoms with Crippen molar-refractivity contribution in [2.75, 3.05) is 6.54 Å². The molecule has 8 heavy (non-hydrogen) atoms. The minimum Gasteiger partial charge on any atom is -0.418 e. The Hall–Kier alpha value is -0.255. The summed E-state index contributed by atoms with van der Waals surface area (Å²) in [6, 6.07) is 0. The Morgan fingerprint density at radius 2 is 1.25 bits per heavy atom. The summed E-state index contributed by atoms with van der Waals surface area (Å²) in [5.41, 5.74) is 4.85. The van der Waals surface area contributed by atoms with Crippen LogP contribution in [-0.4, -0.2) is 13.8 Å². The number of hydrogen-bond acceptors (Lipinski definition) is 1. The number of halogens is 4. The fraction of sp³-hybridized carbons (Fsp3) is 1.00. The Kier molecular flexibility index (Phi) is 6.53. The van der Waals surface area contributed by atoms with E-state index in [1.165, 1.54) is 0 Å². The van der Waals surface area contributed by atoms with E-state index in [-0.39, 0.29) is 0 Å². The molecule has 0 unspecified atom stereocenters. The lowest BCUT2D eigenvalue weighted by Gasteiger charge is -1.94. The van der Waals surface area contributed by atoms with Crippen molar-refractivity contribution in [1.82, 2.24) is 0 Å². The van der Waals surface area contributed by atoms with E-state index in [4.69, 9.17) is 5.73 Å². The molecule has 0 aliphatic heterocycles. The van der Waals surface area contributed by atoms with E-state index < -0.39 is 7.25 Å². The fourth-order valence-corrected chi connectivity index (χ4v) is 0. The number of nitrogens with two attached hydrogens (primary N) is 1. The smallest absolute Gasteiger partial charge is 0.418 e. The maximum Gasteiger partial charge on any atom is 0.673 e. The largest absolute Gasteiger partial charge is 0.673 e. The predicted octanol–water partition coefficient (Wildman–Crippen LogP) is 1.27. The van der Waals surface area contributed by atoms with Crippen LogP contribution in [0.2, 0.25) is 0 Å². The maximum atomic E-state index is 9.75. The Balaban J connectivity index is 0. The number of hydrogen-bond donors (Lipinski definition) is 1. The van der Waals surface area contributed by atoms with Gasteiger partial charge in [0.2, 0.25) is 0 Å². The minimum absolute atomic E-state index is 0.750. The van der Waals surface area contributed by atoms with E-state index in [1.54, 1.807) is 0 Å². The van der Waals surface area contributed by atoms with Gasteiger partial charge in [0.05, 0.1) is 0 Å². The summed E-state index contributed by atoms with van der Waals surface area (Å²) < 4.78 is 39.0. The second-order valence-electron chi connectivity index (χ2n) is 0.903. The Morgan fingerprint density at radius 3 is 1.25 bits per heavy atom. The van der Waals surface area contributed by atoms with E-state index in [1.807, 2.05) is 6.92 Å². The van der Waals surface area contributed by atoms with Crippen LogP contribution in [0.3, 0.4) is 0 Å². The molecule has 0 atom stereocenters. The molecule has 0 aromatic heterocycles. The first-order valence-corrected chi connectivity index (χ1v) is 1.99. The molecule has 0 heterocycles. The van der Waals surface area contributed by atoms with Crippen molar-refractivity contribution in [3.05, 3.63) is 0 Å². The van der Waals surface area contributed by atoms with Gasteiger partial charge in [0.1, 0.15) is 0 Å². The summed E-state index contributed by atoms with van der Waals surface area (Å²) in [7, 11) is -6.00.